The summed E-state index contributed by atoms with van der Waals surface area (Å²) >= 11 is 7.52. The molecular weight excluding hydrogens is 506 g/mol. The molecule has 0 N–H and O–H groups in total. The van der Waals surface area contributed by atoms with Crippen LogP contribution in [0.15, 0.2) is 70.2 Å². The predicted molar refractivity (Wildman–Crippen MR) is 137 cm³/mol. The topological polar surface area (TPSA) is 83.7 Å². The quantitative estimate of drug-likeness (QED) is 0.330. The number of furan rings is 1. The molecule has 1 amide bonds. The molecular formula is C25H24ClN3O4S2. The Labute approximate surface area is 213 Å². The molecule has 0 aliphatic carbocycles. The molecule has 1 saturated heterocycles. The molecule has 1 fully saturated rings. The van der Waals surface area contributed by atoms with Gasteiger partial charge in [0.25, 0.3) is 0 Å². The lowest BCUT2D eigenvalue weighted by molar-refractivity contribution is -0.123. The third-order valence-electron chi connectivity index (χ3n) is 6.12. The van der Waals surface area contributed by atoms with E-state index in [2.05, 4.69) is 4.98 Å². The van der Waals surface area contributed by atoms with Crippen LogP contribution < -0.4 is 4.90 Å². The van der Waals surface area contributed by atoms with Crippen molar-refractivity contribution < 1.29 is 17.6 Å². The van der Waals surface area contributed by atoms with Crippen LogP contribution in [0.5, 0.6) is 0 Å². The van der Waals surface area contributed by atoms with E-state index in [9.17, 15) is 13.2 Å². The maximum Gasteiger partial charge on any atom is 0.243 e. The number of thiazole rings is 1. The number of anilines is 1. The minimum absolute atomic E-state index is 0.125. The zero-order chi connectivity index (χ0) is 24.6. The number of piperidine rings is 1. The molecule has 4 aromatic rings. The molecule has 10 heteroatoms. The van der Waals surface area contributed by atoms with Crippen molar-refractivity contribution in [1.82, 2.24) is 9.29 Å². The number of carbonyl (C=O) groups is 1. The Morgan fingerprint density at radius 1 is 1.23 bits per heavy atom. The highest BCUT2D eigenvalue weighted by molar-refractivity contribution is 7.89. The average molecular weight is 530 g/mol. The summed E-state index contributed by atoms with van der Waals surface area (Å²) < 4.78 is 34.4. The molecule has 0 bridgehead atoms. The van der Waals surface area contributed by atoms with Gasteiger partial charge in [0.1, 0.15) is 5.76 Å². The Balaban J connectivity index is 1.43. The van der Waals surface area contributed by atoms with Crippen molar-refractivity contribution in [2.75, 3.05) is 18.0 Å². The second-order valence-electron chi connectivity index (χ2n) is 8.63. The molecule has 35 heavy (non-hydrogen) atoms. The first kappa shape index (κ1) is 24.0. The molecule has 0 saturated carbocycles. The van der Waals surface area contributed by atoms with Crippen LogP contribution in [-0.2, 0) is 21.4 Å². The summed E-state index contributed by atoms with van der Waals surface area (Å²) in [4.78, 5) is 20.3. The summed E-state index contributed by atoms with van der Waals surface area (Å²) in [5.41, 5.74) is 1.74. The fraction of sp³-hybridized carbons (Fsp3) is 0.280. The van der Waals surface area contributed by atoms with Crippen LogP contribution >= 0.6 is 22.9 Å². The second-order valence-corrected chi connectivity index (χ2v) is 12.0. The summed E-state index contributed by atoms with van der Waals surface area (Å²) in [5, 5.41) is 1.13. The number of halogens is 1. The maximum absolute atomic E-state index is 13.8. The van der Waals surface area contributed by atoms with Crippen molar-refractivity contribution in [2.24, 2.45) is 5.92 Å². The van der Waals surface area contributed by atoms with E-state index in [1.54, 1.807) is 53.6 Å². The Hall–Kier alpha value is -2.72. The van der Waals surface area contributed by atoms with E-state index in [0.29, 0.717) is 35.3 Å². The molecule has 1 aliphatic rings. The number of nitrogens with zero attached hydrogens (tertiary/aromatic N) is 3. The van der Waals surface area contributed by atoms with Crippen molar-refractivity contribution in [3.8, 4) is 0 Å². The van der Waals surface area contributed by atoms with Gasteiger partial charge >= 0.3 is 0 Å². The molecule has 7 nitrogen and oxygen atoms in total. The van der Waals surface area contributed by atoms with Gasteiger partial charge in [0, 0.05) is 18.1 Å². The minimum Gasteiger partial charge on any atom is -0.467 e. The Kier molecular flexibility index (Phi) is 6.67. The van der Waals surface area contributed by atoms with Crippen molar-refractivity contribution in [3.63, 3.8) is 0 Å². The van der Waals surface area contributed by atoms with E-state index in [4.69, 9.17) is 16.0 Å². The normalized spacial score (nSPS) is 17.0. The summed E-state index contributed by atoms with van der Waals surface area (Å²) in [6.45, 7) is 2.63. The van der Waals surface area contributed by atoms with Crippen molar-refractivity contribution in [2.45, 2.75) is 31.2 Å². The van der Waals surface area contributed by atoms with Gasteiger partial charge in [-0.2, -0.15) is 4.31 Å². The number of aromatic nitrogens is 1. The van der Waals surface area contributed by atoms with Gasteiger partial charge in [0.15, 0.2) is 5.13 Å². The highest BCUT2D eigenvalue weighted by Gasteiger charge is 2.36. The predicted octanol–water partition coefficient (Wildman–Crippen LogP) is 5.49. The van der Waals surface area contributed by atoms with Crippen LogP contribution in [0.3, 0.4) is 0 Å². The van der Waals surface area contributed by atoms with E-state index >= 15 is 0 Å². The third-order valence-corrected chi connectivity index (χ3v) is 9.28. The fourth-order valence-electron chi connectivity index (χ4n) is 4.24. The van der Waals surface area contributed by atoms with E-state index < -0.39 is 15.9 Å². The van der Waals surface area contributed by atoms with Gasteiger partial charge in [-0.25, -0.2) is 13.4 Å². The highest BCUT2D eigenvalue weighted by atomic mass is 35.5. The number of fused-ring (bicyclic) bond motifs is 1. The van der Waals surface area contributed by atoms with Crippen LogP contribution in [0.25, 0.3) is 10.2 Å². The minimum atomic E-state index is -3.69. The smallest absolute Gasteiger partial charge is 0.243 e. The molecule has 0 radical (unpaired) electrons. The van der Waals surface area contributed by atoms with Gasteiger partial charge in [-0.15, -0.1) is 0 Å². The first-order valence-electron chi connectivity index (χ1n) is 11.3. The Bertz CT molecular complexity index is 1450. The number of aryl methyl sites for hydroxylation is 1. The number of benzene rings is 2. The number of rotatable bonds is 6. The molecule has 1 aliphatic heterocycles. The molecule has 2 aromatic heterocycles. The number of hydrogen-bond acceptors (Lipinski definition) is 6. The standard InChI is InChI=1S/C25H24ClN3O4S2/c1-17-6-9-21(10-7-17)35(31,32)28-12-2-4-18(15-28)24(30)29(16-20-5-3-13-33-20)25-27-22-11-8-19(26)14-23(22)34-25/h3,5-11,13-14,18H,2,4,12,15-16H2,1H3. The van der Waals surface area contributed by atoms with Crippen LogP contribution in [0.4, 0.5) is 5.13 Å². The lowest BCUT2D eigenvalue weighted by Gasteiger charge is -2.33. The highest BCUT2D eigenvalue weighted by Crippen LogP contribution is 2.34. The zero-order valence-electron chi connectivity index (χ0n) is 19.1. The van der Waals surface area contributed by atoms with Crippen molar-refractivity contribution >= 4 is 54.2 Å². The van der Waals surface area contributed by atoms with E-state index in [0.717, 1.165) is 15.8 Å². The first-order valence-corrected chi connectivity index (χ1v) is 13.9. The van der Waals surface area contributed by atoms with E-state index in [1.165, 1.54) is 15.6 Å². The second kappa shape index (κ2) is 9.73. The summed E-state index contributed by atoms with van der Waals surface area (Å²) in [6, 6.07) is 15.8. The van der Waals surface area contributed by atoms with E-state index in [1.807, 2.05) is 19.1 Å². The van der Waals surface area contributed by atoms with Crippen molar-refractivity contribution in [3.05, 3.63) is 77.2 Å². The van der Waals surface area contributed by atoms with Gasteiger partial charge in [-0.3, -0.25) is 9.69 Å². The largest absolute Gasteiger partial charge is 0.467 e. The molecule has 1 atom stereocenters. The molecule has 3 heterocycles. The molecule has 182 valence electrons. The molecule has 1 unspecified atom stereocenters. The van der Waals surface area contributed by atoms with Crippen LogP contribution in [0, 0.1) is 12.8 Å². The number of hydrogen-bond donors (Lipinski definition) is 0. The number of amides is 1. The first-order chi connectivity index (χ1) is 16.8. The maximum atomic E-state index is 13.8. The number of carbonyl (C=O) groups excluding carboxylic acids is 1. The van der Waals surface area contributed by atoms with Gasteiger partial charge in [-0.05, 0) is 62.2 Å². The fourth-order valence-corrected chi connectivity index (χ4v) is 7.01. The van der Waals surface area contributed by atoms with Gasteiger partial charge in [-0.1, -0.05) is 40.6 Å². The Morgan fingerprint density at radius 2 is 2.03 bits per heavy atom. The third kappa shape index (κ3) is 4.99. The zero-order valence-corrected chi connectivity index (χ0v) is 21.4. The van der Waals surface area contributed by atoms with Gasteiger partial charge in [0.2, 0.25) is 15.9 Å². The lowest BCUT2D eigenvalue weighted by Crippen LogP contribution is -2.46. The van der Waals surface area contributed by atoms with Gasteiger partial charge < -0.3 is 4.42 Å². The lowest BCUT2D eigenvalue weighted by atomic mass is 9.98. The SMILES string of the molecule is Cc1ccc(S(=O)(=O)N2CCCC(C(=O)N(Cc3ccco3)c3nc4ccc(Cl)cc4s3)C2)cc1. The Morgan fingerprint density at radius 3 is 2.77 bits per heavy atom. The number of sulfonamides is 1. The summed E-state index contributed by atoms with van der Waals surface area (Å²) in [7, 11) is -3.69. The summed E-state index contributed by atoms with van der Waals surface area (Å²) in [5.74, 6) is -0.0412. The van der Waals surface area contributed by atoms with E-state index in [-0.39, 0.29) is 23.9 Å². The van der Waals surface area contributed by atoms with Crippen LogP contribution in [0.2, 0.25) is 5.02 Å². The van der Waals surface area contributed by atoms with Crippen LogP contribution in [0.1, 0.15) is 24.2 Å². The molecule has 0 spiro atoms. The monoisotopic (exact) mass is 529 g/mol. The average Bonchev–Trinajstić information content (AvgIpc) is 3.52. The summed E-state index contributed by atoms with van der Waals surface area (Å²) in [6.07, 6.45) is 2.77. The van der Waals surface area contributed by atoms with Gasteiger partial charge in [0.05, 0.1) is 33.8 Å². The molecule has 5 rings (SSSR count). The van der Waals surface area contributed by atoms with Crippen molar-refractivity contribution in [1.29, 1.82) is 0 Å². The van der Waals surface area contributed by atoms with Crippen LogP contribution in [-0.4, -0.2) is 36.7 Å². The molecule has 2 aromatic carbocycles.